The first-order valence-electron chi connectivity index (χ1n) is 9.72. The molecule has 0 radical (unpaired) electrons. The van der Waals surface area contributed by atoms with Crippen LogP contribution >= 0.6 is 23.8 Å². The molecule has 8 heteroatoms. The van der Waals surface area contributed by atoms with Gasteiger partial charge in [-0.2, -0.15) is 5.10 Å². The van der Waals surface area contributed by atoms with Crippen LogP contribution < -0.4 is 10.1 Å². The van der Waals surface area contributed by atoms with Crippen LogP contribution in [0.25, 0.3) is 6.08 Å². The van der Waals surface area contributed by atoms with Crippen molar-refractivity contribution < 1.29 is 9.53 Å². The van der Waals surface area contributed by atoms with Crippen molar-refractivity contribution in [1.29, 1.82) is 0 Å². The van der Waals surface area contributed by atoms with Gasteiger partial charge in [0, 0.05) is 11.8 Å². The van der Waals surface area contributed by atoms with E-state index in [2.05, 4.69) is 10.4 Å². The van der Waals surface area contributed by atoms with E-state index in [0.29, 0.717) is 22.4 Å². The van der Waals surface area contributed by atoms with Gasteiger partial charge in [-0.05, 0) is 48.5 Å². The van der Waals surface area contributed by atoms with Crippen LogP contribution in [0.3, 0.4) is 0 Å². The average molecular weight is 453 g/mol. The molecule has 0 bridgehead atoms. The number of benzene rings is 2. The molecule has 2 heterocycles. The van der Waals surface area contributed by atoms with Gasteiger partial charge in [0.1, 0.15) is 11.4 Å². The maximum absolute atomic E-state index is 13.1. The predicted molar refractivity (Wildman–Crippen MR) is 125 cm³/mol. The lowest BCUT2D eigenvalue weighted by Crippen LogP contribution is -2.33. The van der Waals surface area contributed by atoms with E-state index in [9.17, 15) is 4.79 Å². The number of ether oxygens (including phenoxy) is 1. The Morgan fingerprint density at radius 3 is 2.71 bits per heavy atom. The third-order valence-corrected chi connectivity index (χ3v) is 5.62. The minimum absolute atomic E-state index is 0.155. The fourth-order valence-corrected chi connectivity index (χ4v) is 4.07. The minimum Gasteiger partial charge on any atom is -0.496 e. The molecule has 1 saturated heterocycles. The van der Waals surface area contributed by atoms with Crippen molar-refractivity contribution in [3.8, 4) is 5.75 Å². The summed E-state index contributed by atoms with van der Waals surface area (Å²) in [6.45, 7) is 2.45. The van der Waals surface area contributed by atoms with E-state index in [4.69, 9.17) is 28.6 Å². The highest BCUT2D eigenvalue weighted by Gasteiger charge is 2.34. The molecule has 1 unspecified atom stereocenters. The summed E-state index contributed by atoms with van der Waals surface area (Å²) >= 11 is 11.4. The number of carbonyl (C=O) groups is 1. The molecule has 0 saturated carbocycles. The number of carbonyl (C=O) groups excluding carboxylic acids is 1. The number of rotatable bonds is 6. The first-order valence-corrected chi connectivity index (χ1v) is 10.5. The van der Waals surface area contributed by atoms with Gasteiger partial charge < -0.3 is 10.1 Å². The zero-order valence-electron chi connectivity index (χ0n) is 17.1. The number of methoxy groups -OCH3 is 1. The van der Waals surface area contributed by atoms with Crippen LogP contribution in [0.4, 0.5) is 0 Å². The largest absolute Gasteiger partial charge is 0.496 e. The van der Waals surface area contributed by atoms with Crippen molar-refractivity contribution in [2.45, 2.75) is 19.5 Å². The molecule has 1 N–H and O–H groups in total. The van der Waals surface area contributed by atoms with Gasteiger partial charge in [-0.15, -0.1) is 0 Å². The Morgan fingerprint density at radius 2 is 2.03 bits per heavy atom. The highest BCUT2D eigenvalue weighted by Crippen LogP contribution is 2.27. The molecule has 6 nitrogen and oxygen atoms in total. The quantitative estimate of drug-likeness (QED) is 0.443. The van der Waals surface area contributed by atoms with E-state index in [1.807, 2.05) is 55.5 Å². The second-order valence-corrected chi connectivity index (χ2v) is 8.00. The van der Waals surface area contributed by atoms with E-state index < -0.39 is 0 Å². The Balaban J connectivity index is 1.60. The summed E-state index contributed by atoms with van der Waals surface area (Å²) < 4.78 is 7.21. The standard InChI is InChI=1S/C23H21ClN4O2S/c1-15(17-6-4-3-5-7-17)28-22(29)20(26-23(28)31)11-16-8-9-21(30-2)18(10-16)13-27-14-19(24)12-25-27/h3-12,14-15H,13H2,1-2H3,(H,26,31)/b20-11-. The highest BCUT2D eigenvalue weighted by molar-refractivity contribution is 7.80. The van der Waals surface area contributed by atoms with Crippen molar-refractivity contribution in [3.63, 3.8) is 0 Å². The molecule has 1 fully saturated rings. The van der Waals surface area contributed by atoms with E-state index in [1.54, 1.807) is 35.2 Å². The van der Waals surface area contributed by atoms with Gasteiger partial charge in [0.2, 0.25) is 0 Å². The number of amides is 1. The summed E-state index contributed by atoms with van der Waals surface area (Å²) in [4.78, 5) is 14.7. The smallest absolute Gasteiger partial charge is 0.277 e. The summed E-state index contributed by atoms with van der Waals surface area (Å²) in [6, 6.07) is 15.4. The first kappa shape index (κ1) is 21.1. The number of nitrogens with one attached hydrogen (secondary N) is 1. The van der Waals surface area contributed by atoms with Gasteiger partial charge in [0.15, 0.2) is 5.11 Å². The topological polar surface area (TPSA) is 59.4 Å². The van der Waals surface area contributed by atoms with Gasteiger partial charge >= 0.3 is 0 Å². The van der Waals surface area contributed by atoms with Crippen LogP contribution in [0.1, 0.15) is 29.7 Å². The number of hydrogen-bond acceptors (Lipinski definition) is 4. The van der Waals surface area contributed by atoms with E-state index in [-0.39, 0.29) is 11.9 Å². The fourth-order valence-electron chi connectivity index (χ4n) is 3.56. The molecule has 0 aliphatic carbocycles. The van der Waals surface area contributed by atoms with Gasteiger partial charge in [-0.25, -0.2) is 0 Å². The highest BCUT2D eigenvalue weighted by atomic mass is 35.5. The van der Waals surface area contributed by atoms with Crippen molar-refractivity contribution in [3.05, 3.63) is 88.3 Å². The number of aromatic nitrogens is 2. The number of thiocarbonyl (C=S) groups is 1. The molecular weight excluding hydrogens is 432 g/mol. The Kier molecular flexibility index (Phi) is 6.06. The molecule has 158 valence electrons. The van der Waals surface area contributed by atoms with Gasteiger partial charge in [0.05, 0.1) is 30.9 Å². The lowest BCUT2D eigenvalue weighted by molar-refractivity contribution is -0.123. The maximum Gasteiger partial charge on any atom is 0.277 e. The molecule has 0 spiro atoms. The summed E-state index contributed by atoms with van der Waals surface area (Å²) in [5.41, 5.74) is 3.22. The van der Waals surface area contributed by atoms with Crippen LogP contribution in [0, 0.1) is 0 Å². The van der Waals surface area contributed by atoms with Crippen molar-refractivity contribution >= 4 is 40.9 Å². The number of hydrogen-bond donors (Lipinski definition) is 1. The average Bonchev–Trinajstić information content (AvgIpc) is 3.30. The zero-order chi connectivity index (χ0) is 22.0. The Hall–Kier alpha value is -3.16. The molecule has 1 amide bonds. The summed E-state index contributed by atoms with van der Waals surface area (Å²) in [7, 11) is 1.62. The van der Waals surface area contributed by atoms with Gasteiger partial charge in [0.25, 0.3) is 5.91 Å². The van der Waals surface area contributed by atoms with Crippen molar-refractivity contribution in [2.75, 3.05) is 7.11 Å². The Morgan fingerprint density at radius 1 is 1.26 bits per heavy atom. The summed E-state index contributed by atoms with van der Waals surface area (Å²) in [6.07, 6.45) is 5.13. The molecule has 1 aliphatic rings. The number of nitrogens with zero attached hydrogens (tertiary/aromatic N) is 3. The van der Waals surface area contributed by atoms with E-state index in [0.717, 1.165) is 22.4 Å². The second kappa shape index (κ2) is 8.91. The number of halogens is 1. The molecule has 1 atom stereocenters. The molecule has 2 aromatic carbocycles. The molecular formula is C23H21ClN4O2S. The minimum atomic E-state index is -0.171. The normalized spacial score (nSPS) is 16.0. The molecule has 31 heavy (non-hydrogen) atoms. The molecule has 1 aromatic heterocycles. The Labute approximate surface area is 191 Å². The SMILES string of the molecule is COc1ccc(/C=C2\NC(=S)N(C(C)c3ccccc3)C2=O)cc1Cn1cc(Cl)cn1. The van der Waals surface area contributed by atoms with E-state index in [1.165, 1.54) is 0 Å². The lowest BCUT2D eigenvalue weighted by atomic mass is 10.1. The monoisotopic (exact) mass is 452 g/mol. The second-order valence-electron chi connectivity index (χ2n) is 7.18. The van der Waals surface area contributed by atoms with Gasteiger partial charge in [-0.3, -0.25) is 14.4 Å². The van der Waals surface area contributed by atoms with Crippen LogP contribution in [0.5, 0.6) is 5.75 Å². The van der Waals surface area contributed by atoms with Crippen LogP contribution in [0.2, 0.25) is 5.02 Å². The van der Waals surface area contributed by atoms with Crippen LogP contribution in [-0.2, 0) is 11.3 Å². The summed E-state index contributed by atoms with van der Waals surface area (Å²) in [5, 5.41) is 8.24. The van der Waals surface area contributed by atoms with Crippen molar-refractivity contribution in [2.24, 2.45) is 0 Å². The van der Waals surface area contributed by atoms with Crippen LogP contribution in [-0.4, -0.2) is 32.8 Å². The zero-order valence-corrected chi connectivity index (χ0v) is 18.7. The lowest BCUT2D eigenvalue weighted by Gasteiger charge is -2.23. The predicted octanol–water partition coefficient (Wildman–Crippen LogP) is 4.41. The van der Waals surface area contributed by atoms with Gasteiger partial charge in [-0.1, -0.05) is 48.0 Å². The maximum atomic E-state index is 13.1. The third kappa shape index (κ3) is 4.47. The Bertz CT molecular complexity index is 1160. The molecule has 4 rings (SSSR count). The van der Waals surface area contributed by atoms with E-state index >= 15 is 0 Å². The van der Waals surface area contributed by atoms with Crippen LogP contribution in [0.15, 0.2) is 66.6 Å². The first-order chi connectivity index (χ1) is 15.0. The summed E-state index contributed by atoms with van der Waals surface area (Å²) in [5.74, 6) is 0.576. The fraction of sp³-hybridized carbons (Fsp3) is 0.174. The van der Waals surface area contributed by atoms with Crippen molar-refractivity contribution in [1.82, 2.24) is 20.0 Å². The third-order valence-electron chi connectivity index (χ3n) is 5.13. The molecule has 1 aliphatic heterocycles. The molecule has 3 aromatic rings.